The Hall–Kier alpha value is -4.16. The molecule has 1 aliphatic rings. The summed E-state index contributed by atoms with van der Waals surface area (Å²) < 4.78 is 59.2. The number of sulfone groups is 1. The van der Waals surface area contributed by atoms with Gasteiger partial charge in [-0.2, -0.15) is 13.2 Å². The van der Waals surface area contributed by atoms with Crippen molar-refractivity contribution in [3.63, 3.8) is 0 Å². The van der Waals surface area contributed by atoms with Crippen LogP contribution >= 0.6 is 0 Å². The molecule has 2 N–H and O–H groups in total. The predicted octanol–water partition coefficient (Wildman–Crippen LogP) is 4.91. The molecular formula is C29H29F3N4O4S. The molecule has 1 atom stereocenters. The molecule has 0 saturated carbocycles. The van der Waals surface area contributed by atoms with E-state index in [1.807, 2.05) is 48.7 Å². The lowest BCUT2D eigenvalue weighted by atomic mass is 10.1. The van der Waals surface area contributed by atoms with E-state index in [0.29, 0.717) is 31.0 Å². The second kappa shape index (κ2) is 13.0. The van der Waals surface area contributed by atoms with Gasteiger partial charge < -0.3 is 10.1 Å². The lowest BCUT2D eigenvalue weighted by molar-refractivity contribution is -0.192. The number of carboxylic acids is 1. The van der Waals surface area contributed by atoms with Crippen LogP contribution in [-0.4, -0.2) is 59.0 Å². The molecule has 1 unspecified atom stereocenters. The van der Waals surface area contributed by atoms with Crippen LogP contribution in [0, 0.1) is 0 Å². The first-order valence-electron chi connectivity index (χ1n) is 12.8. The molecular weight excluding hydrogens is 557 g/mol. The average Bonchev–Trinajstić information content (AvgIpc) is 3.42. The molecule has 8 nitrogen and oxygen atoms in total. The van der Waals surface area contributed by atoms with Crippen molar-refractivity contribution >= 4 is 21.5 Å². The third-order valence-electron chi connectivity index (χ3n) is 6.59. The monoisotopic (exact) mass is 586 g/mol. The van der Waals surface area contributed by atoms with Gasteiger partial charge in [-0.15, -0.1) is 0 Å². The van der Waals surface area contributed by atoms with Crippen LogP contribution < -0.4 is 5.01 Å². The van der Waals surface area contributed by atoms with Crippen molar-refractivity contribution in [1.82, 2.24) is 15.0 Å². The van der Waals surface area contributed by atoms with E-state index in [1.54, 1.807) is 30.6 Å². The van der Waals surface area contributed by atoms with Crippen LogP contribution in [0.2, 0.25) is 0 Å². The Bertz CT molecular complexity index is 1520. The van der Waals surface area contributed by atoms with Crippen LogP contribution in [0.5, 0.6) is 0 Å². The molecule has 0 amide bonds. The number of alkyl halides is 3. The van der Waals surface area contributed by atoms with Crippen molar-refractivity contribution < 1.29 is 31.5 Å². The number of aromatic amines is 1. The molecule has 0 spiro atoms. The maximum absolute atomic E-state index is 13.7. The molecule has 216 valence electrons. The summed E-state index contributed by atoms with van der Waals surface area (Å²) in [6, 6.07) is 27.2. The quantitative estimate of drug-likeness (QED) is 0.317. The van der Waals surface area contributed by atoms with Gasteiger partial charge in [-0.25, -0.2) is 23.2 Å². The molecule has 0 bridgehead atoms. The average molecular weight is 587 g/mol. The van der Waals surface area contributed by atoms with Crippen LogP contribution in [0.25, 0.3) is 0 Å². The van der Waals surface area contributed by atoms with Gasteiger partial charge in [0.25, 0.3) is 0 Å². The fourth-order valence-electron chi connectivity index (χ4n) is 4.57. The zero-order chi connectivity index (χ0) is 29.5. The minimum absolute atomic E-state index is 0.376. The number of aromatic nitrogens is 2. The van der Waals surface area contributed by atoms with Gasteiger partial charge in [0, 0.05) is 19.3 Å². The fourth-order valence-corrected chi connectivity index (χ4v) is 6.26. The molecule has 4 aromatic rings. The van der Waals surface area contributed by atoms with Crippen molar-refractivity contribution in [1.29, 1.82) is 0 Å². The standard InChI is InChI=1S/C27H28N4O2S.C2HF3O2/c32-34(33,25-12-5-2-6-13-25)26-17-23-11-7-8-14-27(23)31(19-24-18-28-21-29-24)30(20-26)16-15-22-9-3-1-4-10-22;3-2(4,5)1(6)7/h1-14,18,21,26H,15-17,19-20H2,(H,28,29);(H,6,7). The highest BCUT2D eigenvalue weighted by Gasteiger charge is 2.38. The highest BCUT2D eigenvalue weighted by atomic mass is 32.2. The topological polar surface area (TPSA) is 107 Å². The summed E-state index contributed by atoms with van der Waals surface area (Å²) in [5, 5.41) is 11.0. The fraction of sp³-hybridized carbons (Fsp3) is 0.241. The number of benzene rings is 3. The van der Waals surface area contributed by atoms with E-state index in [0.717, 1.165) is 23.4 Å². The van der Waals surface area contributed by atoms with Gasteiger partial charge in [-0.05, 0) is 42.2 Å². The van der Waals surface area contributed by atoms with Crippen LogP contribution in [0.4, 0.5) is 18.9 Å². The van der Waals surface area contributed by atoms with Crippen LogP contribution in [-0.2, 0) is 34.0 Å². The number of fused-ring (bicyclic) bond motifs is 1. The summed E-state index contributed by atoms with van der Waals surface area (Å²) in [6.07, 6.45) is -0.235. The number of nitrogens with zero attached hydrogens (tertiary/aromatic N) is 3. The Balaban J connectivity index is 0.000000493. The summed E-state index contributed by atoms with van der Waals surface area (Å²) in [5.74, 6) is -2.76. The second-order valence-electron chi connectivity index (χ2n) is 9.38. The van der Waals surface area contributed by atoms with Gasteiger partial charge in [0.05, 0.1) is 34.4 Å². The molecule has 0 radical (unpaired) electrons. The Morgan fingerprint density at radius 2 is 1.59 bits per heavy atom. The number of hydrogen-bond acceptors (Lipinski definition) is 6. The van der Waals surface area contributed by atoms with Gasteiger partial charge in [-0.3, -0.25) is 5.01 Å². The number of H-pyrrole nitrogens is 1. The van der Waals surface area contributed by atoms with Gasteiger partial charge >= 0.3 is 12.1 Å². The summed E-state index contributed by atoms with van der Waals surface area (Å²) in [6.45, 7) is 1.67. The molecule has 41 heavy (non-hydrogen) atoms. The molecule has 3 aromatic carbocycles. The molecule has 0 aliphatic carbocycles. The van der Waals surface area contributed by atoms with Crippen molar-refractivity contribution in [2.75, 3.05) is 18.1 Å². The number of aliphatic carboxylic acids is 1. The largest absolute Gasteiger partial charge is 0.490 e. The third kappa shape index (κ3) is 7.74. The number of imidazole rings is 1. The maximum atomic E-state index is 13.7. The minimum Gasteiger partial charge on any atom is -0.475 e. The summed E-state index contributed by atoms with van der Waals surface area (Å²) in [4.78, 5) is 16.7. The number of nitrogens with one attached hydrogen (secondary N) is 1. The first kappa shape index (κ1) is 29.8. The lowest BCUT2D eigenvalue weighted by Crippen LogP contribution is -2.47. The number of anilines is 1. The number of halogens is 3. The number of hydrazine groups is 1. The van der Waals surface area contributed by atoms with Crippen molar-refractivity contribution in [3.8, 4) is 0 Å². The van der Waals surface area contributed by atoms with E-state index >= 15 is 0 Å². The highest BCUT2D eigenvalue weighted by Crippen LogP contribution is 2.32. The first-order valence-corrected chi connectivity index (χ1v) is 14.3. The van der Waals surface area contributed by atoms with Crippen molar-refractivity contribution in [2.45, 2.75) is 35.7 Å². The molecule has 2 heterocycles. The Morgan fingerprint density at radius 3 is 2.20 bits per heavy atom. The third-order valence-corrected chi connectivity index (χ3v) is 8.72. The van der Waals surface area contributed by atoms with Crippen molar-refractivity contribution in [2.24, 2.45) is 0 Å². The predicted molar refractivity (Wildman–Crippen MR) is 148 cm³/mol. The zero-order valence-electron chi connectivity index (χ0n) is 21.9. The van der Waals surface area contributed by atoms with Crippen LogP contribution in [0.15, 0.2) is 102 Å². The van der Waals surface area contributed by atoms with E-state index in [2.05, 4.69) is 38.2 Å². The number of carbonyl (C=O) groups is 1. The number of para-hydroxylation sites is 1. The van der Waals surface area contributed by atoms with Gasteiger partial charge in [0.2, 0.25) is 0 Å². The Kier molecular flexibility index (Phi) is 9.46. The van der Waals surface area contributed by atoms with Crippen molar-refractivity contribution in [3.05, 3.63) is 114 Å². The van der Waals surface area contributed by atoms with Gasteiger partial charge in [0.15, 0.2) is 9.84 Å². The van der Waals surface area contributed by atoms with Gasteiger partial charge in [-0.1, -0.05) is 66.7 Å². The van der Waals surface area contributed by atoms with E-state index in [1.165, 1.54) is 5.56 Å². The van der Waals surface area contributed by atoms with E-state index in [4.69, 9.17) is 9.90 Å². The molecule has 12 heteroatoms. The second-order valence-corrected chi connectivity index (χ2v) is 11.6. The SMILES string of the molecule is O=C(O)C(F)(F)F.O=S(=O)(c1ccccc1)C1Cc2ccccc2N(Cc2c[nH]cn2)N(CCc2ccccc2)C1. The van der Waals surface area contributed by atoms with Crippen LogP contribution in [0.1, 0.15) is 16.8 Å². The van der Waals surface area contributed by atoms with E-state index < -0.39 is 27.2 Å². The summed E-state index contributed by atoms with van der Waals surface area (Å²) in [5.41, 5.74) is 4.19. The number of hydrogen-bond donors (Lipinski definition) is 2. The summed E-state index contributed by atoms with van der Waals surface area (Å²) >= 11 is 0. The number of rotatable bonds is 7. The highest BCUT2D eigenvalue weighted by molar-refractivity contribution is 7.92. The molecule has 5 rings (SSSR count). The maximum Gasteiger partial charge on any atom is 0.490 e. The Morgan fingerprint density at radius 1 is 0.976 bits per heavy atom. The minimum atomic E-state index is -5.08. The van der Waals surface area contributed by atoms with E-state index in [9.17, 15) is 21.6 Å². The molecule has 0 fully saturated rings. The van der Waals surface area contributed by atoms with Gasteiger partial charge in [0.1, 0.15) is 0 Å². The lowest BCUT2D eigenvalue weighted by Gasteiger charge is -2.36. The normalized spacial score (nSPS) is 15.8. The molecule has 1 aromatic heterocycles. The summed E-state index contributed by atoms with van der Waals surface area (Å²) in [7, 11) is -3.52. The number of carboxylic acid groups (broad SMARTS) is 1. The van der Waals surface area contributed by atoms with Crippen LogP contribution in [0.3, 0.4) is 0 Å². The molecule has 0 saturated heterocycles. The zero-order valence-corrected chi connectivity index (χ0v) is 22.7. The molecule has 1 aliphatic heterocycles. The smallest absolute Gasteiger partial charge is 0.475 e. The van der Waals surface area contributed by atoms with E-state index in [-0.39, 0.29) is 0 Å². The Labute approximate surface area is 236 Å². The first-order chi connectivity index (χ1) is 19.6.